The third kappa shape index (κ3) is 3.59. The van der Waals surface area contributed by atoms with Crippen LogP contribution in [-0.2, 0) is 19.4 Å². The molecule has 3 heteroatoms. The van der Waals surface area contributed by atoms with E-state index in [0.717, 1.165) is 25.3 Å². The Bertz CT molecular complexity index is 389. The normalized spacial score (nSPS) is 25.5. The van der Waals surface area contributed by atoms with Crippen LogP contribution >= 0.6 is 0 Å². The van der Waals surface area contributed by atoms with Crippen molar-refractivity contribution in [3.8, 4) is 0 Å². The number of nitrogens with two attached hydrogens (primary N) is 1. The summed E-state index contributed by atoms with van der Waals surface area (Å²) in [5, 5.41) is 4.62. The molecule has 2 N–H and O–H groups in total. The Labute approximate surface area is 117 Å². The molecule has 0 saturated heterocycles. The fraction of sp³-hybridized carbons (Fsp3) is 0.812. The van der Waals surface area contributed by atoms with Gasteiger partial charge in [0.1, 0.15) is 0 Å². The molecule has 1 aromatic rings. The van der Waals surface area contributed by atoms with Gasteiger partial charge in [0.05, 0.1) is 5.69 Å². The maximum atomic E-state index is 6.46. The van der Waals surface area contributed by atoms with Gasteiger partial charge in [0.25, 0.3) is 0 Å². The molecule has 0 spiro atoms. The van der Waals surface area contributed by atoms with Crippen LogP contribution in [-0.4, -0.2) is 15.8 Å². The first-order valence-electron chi connectivity index (χ1n) is 7.95. The summed E-state index contributed by atoms with van der Waals surface area (Å²) in [7, 11) is 0. The molecule has 1 saturated carbocycles. The highest BCUT2D eigenvalue weighted by atomic mass is 15.3. The van der Waals surface area contributed by atoms with Crippen LogP contribution in [0.3, 0.4) is 0 Å². The monoisotopic (exact) mass is 263 g/mol. The van der Waals surface area contributed by atoms with E-state index >= 15 is 0 Å². The number of rotatable bonds is 5. The minimum Gasteiger partial charge on any atom is -0.327 e. The van der Waals surface area contributed by atoms with Gasteiger partial charge in [0.15, 0.2) is 0 Å². The van der Waals surface area contributed by atoms with E-state index in [1.54, 1.807) is 0 Å². The van der Waals surface area contributed by atoms with Gasteiger partial charge in [-0.25, -0.2) is 0 Å². The molecule has 0 amide bonds. The van der Waals surface area contributed by atoms with Crippen molar-refractivity contribution >= 4 is 0 Å². The number of hydrogen-bond donors (Lipinski definition) is 1. The van der Waals surface area contributed by atoms with Crippen molar-refractivity contribution in [1.82, 2.24) is 9.78 Å². The maximum Gasteiger partial charge on any atom is 0.0624 e. The topological polar surface area (TPSA) is 43.8 Å². The fourth-order valence-corrected chi connectivity index (χ4v) is 3.25. The summed E-state index contributed by atoms with van der Waals surface area (Å²) < 4.78 is 2.13. The van der Waals surface area contributed by atoms with Crippen molar-refractivity contribution in [2.75, 3.05) is 0 Å². The molecule has 19 heavy (non-hydrogen) atoms. The van der Waals surface area contributed by atoms with Crippen LogP contribution in [0.1, 0.15) is 57.8 Å². The second kappa shape index (κ2) is 6.56. The smallest absolute Gasteiger partial charge is 0.0624 e. The first kappa shape index (κ1) is 14.6. The van der Waals surface area contributed by atoms with Gasteiger partial charge >= 0.3 is 0 Å². The van der Waals surface area contributed by atoms with E-state index in [9.17, 15) is 0 Å². The highest BCUT2D eigenvalue weighted by Crippen LogP contribution is 2.30. The molecule has 3 nitrogen and oxygen atoms in total. The molecule has 1 aliphatic rings. The van der Waals surface area contributed by atoms with Crippen LogP contribution in [0.5, 0.6) is 0 Å². The van der Waals surface area contributed by atoms with Crippen molar-refractivity contribution in [1.29, 1.82) is 0 Å². The fourth-order valence-electron chi connectivity index (χ4n) is 3.25. The maximum absolute atomic E-state index is 6.46. The van der Waals surface area contributed by atoms with Gasteiger partial charge in [-0.15, -0.1) is 0 Å². The second-order valence-corrected chi connectivity index (χ2v) is 6.18. The summed E-state index contributed by atoms with van der Waals surface area (Å²) in [6.45, 7) is 7.63. The van der Waals surface area contributed by atoms with Gasteiger partial charge < -0.3 is 5.73 Å². The molecule has 1 heterocycles. The van der Waals surface area contributed by atoms with Crippen molar-refractivity contribution in [3.63, 3.8) is 0 Å². The van der Waals surface area contributed by atoms with Crippen LogP contribution in [0.25, 0.3) is 0 Å². The summed E-state index contributed by atoms with van der Waals surface area (Å²) in [6, 6.07) is 2.55. The lowest BCUT2D eigenvalue weighted by Crippen LogP contribution is -2.35. The largest absolute Gasteiger partial charge is 0.327 e. The van der Waals surface area contributed by atoms with Gasteiger partial charge in [0, 0.05) is 24.7 Å². The summed E-state index contributed by atoms with van der Waals surface area (Å²) in [5.74, 6) is 1.61. The molecule has 0 aliphatic heterocycles. The van der Waals surface area contributed by atoms with Gasteiger partial charge in [-0.1, -0.05) is 26.7 Å². The molecule has 2 rings (SSSR count). The van der Waals surface area contributed by atoms with E-state index in [-0.39, 0.29) is 0 Å². The number of nitrogens with zero attached hydrogens (tertiary/aromatic N) is 2. The van der Waals surface area contributed by atoms with Crippen molar-refractivity contribution < 1.29 is 0 Å². The third-order valence-electron chi connectivity index (χ3n) is 4.69. The highest BCUT2D eigenvalue weighted by molar-refractivity contribution is 5.12. The Balaban J connectivity index is 1.98. The van der Waals surface area contributed by atoms with E-state index < -0.39 is 0 Å². The van der Waals surface area contributed by atoms with Gasteiger partial charge in [-0.2, -0.15) is 5.10 Å². The molecular weight excluding hydrogens is 234 g/mol. The molecule has 0 bridgehead atoms. The molecule has 1 fully saturated rings. The zero-order valence-electron chi connectivity index (χ0n) is 12.7. The predicted molar refractivity (Wildman–Crippen MR) is 80.1 cm³/mol. The minimum atomic E-state index is 0.305. The first-order valence-corrected chi connectivity index (χ1v) is 7.95. The number of aryl methyl sites for hydroxylation is 2. The van der Waals surface area contributed by atoms with E-state index in [4.69, 9.17) is 5.73 Å². The van der Waals surface area contributed by atoms with Crippen molar-refractivity contribution in [3.05, 3.63) is 17.5 Å². The van der Waals surface area contributed by atoms with Gasteiger partial charge in [-0.05, 0) is 44.1 Å². The average Bonchev–Trinajstić information content (AvgIpc) is 2.81. The summed E-state index contributed by atoms with van der Waals surface area (Å²) in [5.41, 5.74) is 8.98. The Morgan fingerprint density at radius 2 is 2.00 bits per heavy atom. The SMILES string of the molecule is CCc1cc(CC(N)C2CCC(C)CC2)n(CC)n1. The lowest BCUT2D eigenvalue weighted by molar-refractivity contribution is 0.251. The second-order valence-electron chi connectivity index (χ2n) is 6.18. The van der Waals surface area contributed by atoms with Crippen LogP contribution in [0, 0.1) is 11.8 Å². The highest BCUT2D eigenvalue weighted by Gasteiger charge is 2.24. The summed E-state index contributed by atoms with van der Waals surface area (Å²) in [6.07, 6.45) is 7.32. The number of aromatic nitrogens is 2. The van der Waals surface area contributed by atoms with Gasteiger partial charge in [0.2, 0.25) is 0 Å². The van der Waals surface area contributed by atoms with Crippen LogP contribution in [0.15, 0.2) is 6.07 Å². The van der Waals surface area contributed by atoms with Crippen molar-refractivity contribution in [2.24, 2.45) is 17.6 Å². The van der Waals surface area contributed by atoms with E-state index in [2.05, 4.69) is 36.6 Å². The van der Waals surface area contributed by atoms with Gasteiger partial charge in [-0.3, -0.25) is 4.68 Å². The molecule has 0 aromatic carbocycles. The van der Waals surface area contributed by atoms with Crippen LogP contribution < -0.4 is 5.73 Å². The number of hydrogen-bond acceptors (Lipinski definition) is 2. The Hall–Kier alpha value is -0.830. The Kier molecular flexibility index (Phi) is 5.03. The Morgan fingerprint density at radius 1 is 1.32 bits per heavy atom. The van der Waals surface area contributed by atoms with E-state index in [1.807, 2.05) is 0 Å². The zero-order chi connectivity index (χ0) is 13.8. The third-order valence-corrected chi connectivity index (χ3v) is 4.69. The summed E-state index contributed by atoms with van der Waals surface area (Å²) >= 11 is 0. The lowest BCUT2D eigenvalue weighted by atomic mass is 9.78. The molecular formula is C16H29N3. The van der Waals surface area contributed by atoms with Crippen LogP contribution in [0.2, 0.25) is 0 Å². The lowest BCUT2D eigenvalue weighted by Gasteiger charge is -2.30. The standard InChI is InChI=1S/C16H29N3/c1-4-14-10-15(19(5-2)18-14)11-16(17)13-8-6-12(3)7-9-13/h10,12-13,16H,4-9,11,17H2,1-3H3. The van der Waals surface area contributed by atoms with E-state index in [1.165, 1.54) is 37.1 Å². The van der Waals surface area contributed by atoms with E-state index in [0.29, 0.717) is 12.0 Å². The molecule has 1 aromatic heterocycles. The first-order chi connectivity index (χ1) is 9.13. The zero-order valence-corrected chi connectivity index (χ0v) is 12.7. The quantitative estimate of drug-likeness (QED) is 0.887. The Morgan fingerprint density at radius 3 is 2.58 bits per heavy atom. The predicted octanol–water partition coefficient (Wildman–Crippen LogP) is 3.16. The molecule has 1 atom stereocenters. The van der Waals surface area contributed by atoms with Crippen LogP contribution in [0.4, 0.5) is 0 Å². The van der Waals surface area contributed by atoms with Crippen molar-refractivity contribution in [2.45, 2.75) is 71.9 Å². The molecule has 1 aliphatic carbocycles. The average molecular weight is 263 g/mol. The molecule has 0 radical (unpaired) electrons. The molecule has 1 unspecified atom stereocenters. The minimum absolute atomic E-state index is 0.305. The summed E-state index contributed by atoms with van der Waals surface area (Å²) in [4.78, 5) is 0. The molecule has 108 valence electrons.